The fraction of sp³-hybridized carbons (Fsp3) is 0.552. The second-order valence-electron chi connectivity index (χ2n) is 11.8. The molecular weight excluding hydrogens is 436 g/mol. The minimum Gasteiger partial charge on any atom is -0.325 e. The van der Waals surface area contributed by atoms with Gasteiger partial charge in [0.2, 0.25) is 5.56 Å². The molecule has 35 heavy (non-hydrogen) atoms. The quantitative estimate of drug-likeness (QED) is 0.610. The number of pyridine rings is 1. The van der Waals surface area contributed by atoms with E-state index in [4.69, 9.17) is 4.99 Å². The smallest absolute Gasteiger partial charge is 0.320 e. The lowest BCUT2D eigenvalue weighted by molar-refractivity contribution is -0.0242. The maximum Gasteiger partial charge on any atom is 0.320 e. The highest BCUT2D eigenvalue weighted by Gasteiger charge is 2.57. The van der Waals surface area contributed by atoms with Crippen LogP contribution in [0.5, 0.6) is 0 Å². The van der Waals surface area contributed by atoms with Crippen LogP contribution in [0.3, 0.4) is 0 Å². The molecule has 1 aromatic carbocycles. The molecule has 6 heteroatoms. The Morgan fingerprint density at radius 2 is 1.80 bits per heavy atom. The van der Waals surface area contributed by atoms with E-state index < -0.39 is 0 Å². The van der Waals surface area contributed by atoms with Crippen LogP contribution in [0.15, 0.2) is 40.2 Å². The number of urea groups is 1. The molecule has 2 aromatic rings. The molecule has 3 aliphatic heterocycles. The average Bonchev–Trinajstić information content (AvgIpc) is 3.26. The standard InChI is InChI=1S/C29H36N4O2/c1-28(2)25-16-20-14-21-15-23(19-8-9-26(34)31(4)18-19)30-24(21)17-22(20)29(28,3)10-13-33(25)27(35)32-11-6-5-7-12-32/h8-9,14,17-18,25H,5-7,10-13,15-16H2,1-4H3/t25-,29+/m1/s1. The molecule has 0 saturated carbocycles. The van der Waals surface area contributed by atoms with Gasteiger partial charge in [0, 0.05) is 62.4 Å². The van der Waals surface area contributed by atoms with Gasteiger partial charge in [-0.05, 0) is 66.3 Å². The molecule has 0 N–H and O–H groups in total. The molecule has 6 nitrogen and oxygen atoms in total. The Labute approximate surface area is 207 Å². The number of fused-ring (bicyclic) bond motifs is 5. The van der Waals surface area contributed by atoms with E-state index in [1.165, 1.54) is 23.1 Å². The van der Waals surface area contributed by atoms with Crippen LogP contribution in [0.1, 0.15) is 68.7 Å². The fourth-order valence-corrected chi connectivity index (χ4v) is 7.04. The van der Waals surface area contributed by atoms with Gasteiger partial charge in [-0.15, -0.1) is 0 Å². The number of carbonyl (C=O) groups is 1. The lowest BCUT2D eigenvalue weighted by atomic mass is 9.51. The molecule has 0 radical (unpaired) electrons. The monoisotopic (exact) mass is 472 g/mol. The van der Waals surface area contributed by atoms with Crippen LogP contribution in [-0.2, 0) is 25.3 Å². The highest BCUT2D eigenvalue weighted by Crippen LogP contribution is 2.57. The van der Waals surface area contributed by atoms with Gasteiger partial charge >= 0.3 is 6.03 Å². The van der Waals surface area contributed by atoms with E-state index in [1.807, 2.05) is 12.3 Å². The van der Waals surface area contributed by atoms with Crippen LogP contribution >= 0.6 is 0 Å². The number of amides is 2. The van der Waals surface area contributed by atoms with E-state index in [0.717, 1.165) is 68.7 Å². The third-order valence-corrected chi connectivity index (χ3v) is 9.70. The van der Waals surface area contributed by atoms with Gasteiger partial charge in [-0.25, -0.2) is 4.79 Å². The van der Waals surface area contributed by atoms with Crippen LogP contribution in [0, 0.1) is 5.41 Å². The Hall–Kier alpha value is -2.89. The topological polar surface area (TPSA) is 57.9 Å². The predicted molar refractivity (Wildman–Crippen MR) is 139 cm³/mol. The van der Waals surface area contributed by atoms with Crippen molar-refractivity contribution in [3.8, 4) is 0 Å². The summed E-state index contributed by atoms with van der Waals surface area (Å²) < 4.78 is 1.62. The van der Waals surface area contributed by atoms with Gasteiger partial charge in [-0.2, -0.15) is 0 Å². The zero-order chi connectivity index (χ0) is 24.5. The molecule has 2 saturated heterocycles. The second kappa shape index (κ2) is 7.81. The Morgan fingerprint density at radius 3 is 2.54 bits per heavy atom. The van der Waals surface area contributed by atoms with Crippen molar-refractivity contribution in [2.24, 2.45) is 17.5 Å². The van der Waals surface area contributed by atoms with Crippen LogP contribution in [0.4, 0.5) is 10.5 Å². The summed E-state index contributed by atoms with van der Waals surface area (Å²) >= 11 is 0. The fourth-order valence-electron chi connectivity index (χ4n) is 7.04. The maximum atomic E-state index is 13.6. The number of aliphatic imine (C=N–C) groups is 1. The van der Waals surface area contributed by atoms with Gasteiger partial charge in [0.1, 0.15) is 0 Å². The molecule has 184 valence electrons. The first-order valence-corrected chi connectivity index (χ1v) is 13.2. The summed E-state index contributed by atoms with van der Waals surface area (Å²) in [7, 11) is 1.79. The number of benzene rings is 1. The second-order valence-corrected chi connectivity index (χ2v) is 11.8. The van der Waals surface area contributed by atoms with Gasteiger partial charge in [0.25, 0.3) is 0 Å². The SMILES string of the molecule is Cn1cc(C2=Nc3cc4c(cc3C2)C[C@H]2N(C(=O)N3CCCCC3)CC[C@]4(C)C2(C)C)ccc1=O. The highest BCUT2D eigenvalue weighted by atomic mass is 16.2. The van der Waals surface area contributed by atoms with Gasteiger partial charge in [0.15, 0.2) is 0 Å². The molecule has 2 amide bonds. The Morgan fingerprint density at radius 1 is 1.03 bits per heavy atom. The van der Waals surface area contributed by atoms with Crippen molar-refractivity contribution in [2.45, 2.75) is 70.8 Å². The van der Waals surface area contributed by atoms with Crippen molar-refractivity contribution in [1.29, 1.82) is 0 Å². The number of aryl methyl sites for hydroxylation is 1. The predicted octanol–water partition coefficient (Wildman–Crippen LogP) is 4.58. The summed E-state index contributed by atoms with van der Waals surface area (Å²) in [6.07, 6.45) is 8.02. The van der Waals surface area contributed by atoms with Crippen molar-refractivity contribution in [3.63, 3.8) is 0 Å². The number of hydrogen-bond donors (Lipinski definition) is 0. The van der Waals surface area contributed by atoms with Crippen LogP contribution < -0.4 is 5.56 Å². The van der Waals surface area contributed by atoms with Crippen molar-refractivity contribution in [2.75, 3.05) is 19.6 Å². The van der Waals surface area contributed by atoms with E-state index >= 15 is 0 Å². The molecule has 1 aromatic heterocycles. The molecule has 0 spiro atoms. The van der Waals surface area contributed by atoms with Gasteiger partial charge in [0.05, 0.1) is 11.4 Å². The third-order valence-electron chi connectivity index (χ3n) is 9.70. The first kappa shape index (κ1) is 22.6. The molecular formula is C29H36N4O2. The largest absolute Gasteiger partial charge is 0.325 e. The first-order valence-electron chi connectivity index (χ1n) is 13.2. The summed E-state index contributed by atoms with van der Waals surface area (Å²) in [4.78, 5) is 34.8. The maximum absolute atomic E-state index is 13.6. The van der Waals surface area contributed by atoms with E-state index in [2.05, 4.69) is 42.7 Å². The van der Waals surface area contributed by atoms with Crippen LogP contribution in [-0.4, -0.2) is 51.8 Å². The lowest BCUT2D eigenvalue weighted by Crippen LogP contribution is -2.66. The highest BCUT2D eigenvalue weighted by molar-refractivity contribution is 6.06. The van der Waals surface area contributed by atoms with Crippen molar-refractivity contribution < 1.29 is 4.79 Å². The Balaban J connectivity index is 1.35. The summed E-state index contributed by atoms with van der Waals surface area (Å²) in [5.41, 5.74) is 7.09. The molecule has 2 atom stereocenters. The van der Waals surface area contributed by atoms with E-state index in [-0.39, 0.29) is 28.5 Å². The van der Waals surface area contributed by atoms with Gasteiger partial charge < -0.3 is 14.4 Å². The van der Waals surface area contributed by atoms with E-state index in [1.54, 1.807) is 17.7 Å². The zero-order valence-electron chi connectivity index (χ0n) is 21.4. The van der Waals surface area contributed by atoms with E-state index in [0.29, 0.717) is 0 Å². The third kappa shape index (κ3) is 3.32. The first-order chi connectivity index (χ1) is 16.7. The van der Waals surface area contributed by atoms with Gasteiger partial charge in [-0.3, -0.25) is 9.79 Å². The molecule has 0 unspecified atom stereocenters. The minimum atomic E-state index is -0.0270. The zero-order valence-corrected chi connectivity index (χ0v) is 21.4. The number of aromatic nitrogens is 1. The van der Waals surface area contributed by atoms with Gasteiger partial charge in [-0.1, -0.05) is 26.8 Å². The molecule has 4 aliphatic rings. The summed E-state index contributed by atoms with van der Waals surface area (Å²) in [5.74, 6) is 0. The number of likely N-dealkylation sites (tertiary alicyclic amines) is 2. The van der Waals surface area contributed by atoms with E-state index in [9.17, 15) is 9.59 Å². The summed E-state index contributed by atoms with van der Waals surface area (Å²) in [6.45, 7) is 9.75. The molecule has 4 heterocycles. The van der Waals surface area contributed by atoms with Crippen LogP contribution in [0.25, 0.3) is 0 Å². The number of hydrogen-bond acceptors (Lipinski definition) is 3. The van der Waals surface area contributed by atoms with Crippen molar-refractivity contribution in [1.82, 2.24) is 14.4 Å². The van der Waals surface area contributed by atoms with Crippen molar-refractivity contribution >= 4 is 17.4 Å². The Kier molecular flexibility index (Phi) is 5.03. The number of piperidine rings is 2. The number of carbonyl (C=O) groups excluding carboxylic acids is 1. The Bertz CT molecular complexity index is 1300. The van der Waals surface area contributed by atoms with Crippen molar-refractivity contribution in [3.05, 3.63) is 63.1 Å². The van der Waals surface area contributed by atoms with Crippen LogP contribution in [0.2, 0.25) is 0 Å². The normalized spacial score (nSPS) is 26.7. The molecule has 2 fully saturated rings. The molecule has 6 rings (SSSR count). The lowest BCUT2D eigenvalue weighted by Gasteiger charge is -2.61. The molecule has 1 aliphatic carbocycles. The minimum absolute atomic E-state index is 0.00607. The number of rotatable bonds is 1. The summed E-state index contributed by atoms with van der Waals surface area (Å²) in [5, 5.41) is 0. The summed E-state index contributed by atoms with van der Waals surface area (Å²) in [6, 6.07) is 8.64. The molecule has 2 bridgehead atoms. The number of nitrogens with zero attached hydrogens (tertiary/aromatic N) is 4. The average molecular weight is 473 g/mol.